The maximum Gasteiger partial charge on any atom is 0.0428 e. The summed E-state index contributed by atoms with van der Waals surface area (Å²) < 4.78 is 0. The van der Waals surface area contributed by atoms with Crippen molar-refractivity contribution >= 4 is 10.8 Å². The van der Waals surface area contributed by atoms with Gasteiger partial charge in [0.25, 0.3) is 0 Å². The van der Waals surface area contributed by atoms with E-state index in [0.717, 1.165) is 6.42 Å². The third-order valence-corrected chi connectivity index (χ3v) is 4.80. The highest BCUT2D eigenvalue weighted by molar-refractivity contribution is 5.86. The van der Waals surface area contributed by atoms with Crippen molar-refractivity contribution in [2.45, 2.75) is 45.1 Å². The molecule has 0 amide bonds. The molecule has 124 valence electrons. The minimum Gasteiger partial charge on any atom is -0.321 e. The molecule has 0 spiro atoms. The standard InChI is InChI=1S/C23H27N/c1-22(2,3)19-14-12-17(13-15-19)16-23(4,24)21-11-7-9-18-8-5-6-10-20(18)21/h5-15H,16,24H2,1-4H3. The number of nitrogens with two attached hydrogens (primary N) is 1. The van der Waals surface area contributed by atoms with Gasteiger partial charge < -0.3 is 5.73 Å². The second-order valence-corrected chi connectivity index (χ2v) is 8.07. The molecule has 2 N–H and O–H groups in total. The zero-order chi connectivity index (χ0) is 17.4. The van der Waals surface area contributed by atoms with Crippen LogP contribution in [0.3, 0.4) is 0 Å². The summed E-state index contributed by atoms with van der Waals surface area (Å²) in [6.07, 6.45) is 0.825. The monoisotopic (exact) mass is 317 g/mol. The van der Waals surface area contributed by atoms with Gasteiger partial charge in [0.05, 0.1) is 0 Å². The maximum atomic E-state index is 6.76. The minimum absolute atomic E-state index is 0.181. The summed E-state index contributed by atoms with van der Waals surface area (Å²) in [7, 11) is 0. The Morgan fingerprint density at radius 3 is 2.04 bits per heavy atom. The molecule has 1 unspecified atom stereocenters. The Balaban J connectivity index is 1.93. The normalized spacial score (nSPS) is 14.5. The molecule has 0 bridgehead atoms. The van der Waals surface area contributed by atoms with Crippen molar-refractivity contribution in [2.75, 3.05) is 0 Å². The van der Waals surface area contributed by atoms with E-state index >= 15 is 0 Å². The van der Waals surface area contributed by atoms with Crippen molar-refractivity contribution in [3.05, 3.63) is 83.4 Å². The molecule has 3 aromatic rings. The second kappa shape index (κ2) is 6.07. The van der Waals surface area contributed by atoms with E-state index in [9.17, 15) is 0 Å². The van der Waals surface area contributed by atoms with Gasteiger partial charge >= 0.3 is 0 Å². The van der Waals surface area contributed by atoms with Crippen LogP contribution >= 0.6 is 0 Å². The van der Waals surface area contributed by atoms with Crippen molar-refractivity contribution in [1.29, 1.82) is 0 Å². The molecule has 0 heterocycles. The highest BCUT2D eigenvalue weighted by Gasteiger charge is 2.24. The lowest BCUT2D eigenvalue weighted by Crippen LogP contribution is -2.35. The van der Waals surface area contributed by atoms with Crippen LogP contribution in [-0.2, 0) is 17.4 Å². The van der Waals surface area contributed by atoms with E-state index in [0.29, 0.717) is 0 Å². The van der Waals surface area contributed by atoms with E-state index in [1.54, 1.807) is 0 Å². The van der Waals surface area contributed by atoms with Crippen LogP contribution < -0.4 is 5.73 Å². The highest BCUT2D eigenvalue weighted by atomic mass is 14.7. The molecular formula is C23H27N. The molecule has 1 heteroatoms. The van der Waals surface area contributed by atoms with Gasteiger partial charge in [0, 0.05) is 5.54 Å². The molecule has 0 fully saturated rings. The van der Waals surface area contributed by atoms with Crippen molar-refractivity contribution in [2.24, 2.45) is 5.73 Å². The summed E-state index contributed by atoms with van der Waals surface area (Å²) in [6.45, 7) is 8.86. The van der Waals surface area contributed by atoms with Gasteiger partial charge in [-0.25, -0.2) is 0 Å². The predicted octanol–water partition coefficient (Wildman–Crippen LogP) is 5.55. The number of hydrogen-bond donors (Lipinski definition) is 1. The Hall–Kier alpha value is -2.12. The van der Waals surface area contributed by atoms with Crippen LogP contribution in [0.4, 0.5) is 0 Å². The molecular weight excluding hydrogens is 290 g/mol. The lowest BCUT2D eigenvalue weighted by atomic mass is 9.82. The first-order chi connectivity index (χ1) is 11.3. The minimum atomic E-state index is -0.399. The molecule has 3 aromatic carbocycles. The van der Waals surface area contributed by atoms with Crippen LogP contribution in [0.2, 0.25) is 0 Å². The summed E-state index contributed by atoms with van der Waals surface area (Å²) >= 11 is 0. The number of benzene rings is 3. The topological polar surface area (TPSA) is 26.0 Å². The summed E-state index contributed by atoms with van der Waals surface area (Å²) in [4.78, 5) is 0. The average Bonchev–Trinajstić information content (AvgIpc) is 2.53. The zero-order valence-electron chi connectivity index (χ0n) is 15.1. The molecule has 24 heavy (non-hydrogen) atoms. The number of fused-ring (bicyclic) bond motifs is 1. The van der Waals surface area contributed by atoms with Gasteiger partial charge in [-0.2, -0.15) is 0 Å². The van der Waals surface area contributed by atoms with Crippen LogP contribution in [0.25, 0.3) is 10.8 Å². The number of hydrogen-bond acceptors (Lipinski definition) is 1. The summed E-state index contributed by atoms with van der Waals surface area (Å²) in [5.41, 5.74) is 10.4. The molecule has 0 aliphatic carbocycles. The van der Waals surface area contributed by atoms with Crippen molar-refractivity contribution in [1.82, 2.24) is 0 Å². The Bertz CT molecular complexity index is 831. The zero-order valence-corrected chi connectivity index (χ0v) is 15.1. The average molecular weight is 317 g/mol. The van der Waals surface area contributed by atoms with Crippen LogP contribution in [0.15, 0.2) is 66.7 Å². The first-order valence-corrected chi connectivity index (χ1v) is 8.64. The quantitative estimate of drug-likeness (QED) is 0.673. The van der Waals surface area contributed by atoms with Crippen molar-refractivity contribution < 1.29 is 0 Å². The Morgan fingerprint density at radius 1 is 0.750 bits per heavy atom. The Kier molecular flexibility index (Phi) is 4.23. The first kappa shape index (κ1) is 16.7. The van der Waals surface area contributed by atoms with E-state index < -0.39 is 5.54 Å². The summed E-state index contributed by atoms with van der Waals surface area (Å²) in [5, 5.41) is 2.49. The van der Waals surface area contributed by atoms with Gasteiger partial charge in [0.1, 0.15) is 0 Å². The first-order valence-electron chi connectivity index (χ1n) is 8.64. The lowest BCUT2D eigenvalue weighted by molar-refractivity contribution is 0.495. The van der Waals surface area contributed by atoms with Crippen molar-refractivity contribution in [3.8, 4) is 0 Å². The number of rotatable bonds is 3. The van der Waals surface area contributed by atoms with Gasteiger partial charge in [-0.1, -0.05) is 87.5 Å². The van der Waals surface area contributed by atoms with Gasteiger partial charge in [-0.05, 0) is 46.2 Å². The van der Waals surface area contributed by atoms with E-state index in [4.69, 9.17) is 5.73 Å². The van der Waals surface area contributed by atoms with Gasteiger partial charge in [-0.15, -0.1) is 0 Å². The van der Waals surface area contributed by atoms with Gasteiger partial charge in [0.15, 0.2) is 0 Å². The fraction of sp³-hybridized carbons (Fsp3) is 0.304. The van der Waals surface area contributed by atoms with Gasteiger partial charge in [-0.3, -0.25) is 0 Å². The fourth-order valence-electron chi connectivity index (χ4n) is 3.37. The van der Waals surface area contributed by atoms with E-state index in [2.05, 4.69) is 94.4 Å². The van der Waals surface area contributed by atoms with Crippen LogP contribution in [0.1, 0.15) is 44.4 Å². The molecule has 1 atom stereocenters. The van der Waals surface area contributed by atoms with Gasteiger partial charge in [0.2, 0.25) is 0 Å². The molecule has 0 aliphatic heterocycles. The molecule has 0 aromatic heterocycles. The molecule has 0 saturated heterocycles. The van der Waals surface area contributed by atoms with Crippen molar-refractivity contribution in [3.63, 3.8) is 0 Å². The van der Waals surface area contributed by atoms with Crippen LogP contribution in [-0.4, -0.2) is 0 Å². The van der Waals surface area contributed by atoms with Crippen LogP contribution in [0, 0.1) is 0 Å². The smallest absolute Gasteiger partial charge is 0.0428 e. The predicted molar refractivity (Wildman–Crippen MR) is 104 cm³/mol. The third kappa shape index (κ3) is 3.37. The lowest BCUT2D eigenvalue weighted by Gasteiger charge is -2.27. The second-order valence-electron chi connectivity index (χ2n) is 8.07. The molecule has 0 saturated carbocycles. The molecule has 0 radical (unpaired) electrons. The molecule has 0 aliphatic rings. The SMILES string of the molecule is CC(C)(C)c1ccc(CC(C)(N)c2cccc3ccccc23)cc1. The highest BCUT2D eigenvalue weighted by Crippen LogP contribution is 2.30. The van der Waals surface area contributed by atoms with Crippen LogP contribution in [0.5, 0.6) is 0 Å². The Labute approximate surface area is 145 Å². The van der Waals surface area contributed by atoms with E-state index in [1.807, 2.05) is 0 Å². The fourth-order valence-corrected chi connectivity index (χ4v) is 3.37. The Morgan fingerprint density at radius 2 is 1.38 bits per heavy atom. The largest absolute Gasteiger partial charge is 0.321 e. The molecule has 3 rings (SSSR count). The maximum absolute atomic E-state index is 6.76. The summed E-state index contributed by atoms with van der Waals surface area (Å²) in [6, 6.07) is 23.8. The third-order valence-electron chi connectivity index (χ3n) is 4.80. The van der Waals surface area contributed by atoms with E-state index in [1.165, 1.54) is 27.5 Å². The van der Waals surface area contributed by atoms with E-state index in [-0.39, 0.29) is 5.41 Å². The summed E-state index contributed by atoms with van der Waals surface area (Å²) in [5.74, 6) is 0. The molecule has 1 nitrogen and oxygen atoms in total.